The van der Waals surface area contributed by atoms with Crippen LogP contribution in [0.4, 0.5) is 0 Å². The summed E-state index contributed by atoms with van der Waals surface area (Å²) in [4.78, 5) is 23.9. The van der Waals surface area contributed by atoms with Gasteiger partial charge in [-0.1, -0.05) is 26.0 Å². The number of carboxylic acid groups (broad SMARTS) is 1. The van der Waals surface area contributed by atoms with E-state index in [1.165, 1.54) is 12.1 Å². The van der Waals surface area contributed by atoms with Crippen molar-refractivity contribution in [1.82, 2.24) is 0 Å². The summed E-state index contributed by atoms with van der Waals surface area (Å²) >= 11 is 0. The molecule has 0 aliphatic heterocycles. The summed E-state index contributed by atoms with van der Waals surface area (Å²) in [6.45, 7) is 3.75. The molecule has 0 heterocycles. The van der Waals surface area contributed by atoms with Gasteiger partial charge in [0.25, 0.3) is 10.1 Å². The number of allylic oxidation sites excluding steroid dienone is 1. The third kappa shape index (κ3) is 2.71. The van der Waals surface area contributed by atoms with Crippen LogP contribution in [-0.4, -0.2) is 35.6 Å². The van der Waals surface area contributed by atoms with Crippen LogP contribution in [0.5, 0.6) is 0 Å². The van der Waals surface area contributed by atoms with Crippen LogP contribution in [-0.2, 0) is 14.9 Å². The van der Waals surface area contributed by atoms with E-state index in [0.29, 0.717) is 24.0 Å². The molecule has 2 aliphatic rings. The molecule has 0 saturated heterocycles. The first kappa shape index (κ1) is 17.8. The summed E-state index contributed by atoms with van der Waals surface area (Å²) in [7, 11) is -4.28. The Kier molecular flexibility index (Phi) is 3.92. The maximum absolute atomic E-state index is 13.0. The van der Waals surface area contributed by atoms with Crippen LogP contribution in [0.2, 0.25) is 0 Å². The van der Waals surface area contributed by atoms with Crippen LogP contribution in [0, 0.1) is 16.7 Å². The lowest BCUT2D eigenvalue weighted by Gasteiger charge is -2.34. The largest absolute Gasteiger partial charge is 0.478 e. The highest BCUT2D eigenvalue weighted by atomic mass is 32.2. The third-order valence-corrected chi connectivity index (χ3v) is 6.80. The molecule has 6 nitrogen and oxygen atoms in total. The van der Waals surface area contributed by atoms with E-state index in [2.05, 4.69) is 0 Å². The second-order valence-corrected chi connectivity index (χ2v) is 8.93. The van der Waals surface area contributed by atoms with E-state index in [-0.39, 0.29) is 17.3 Å². The van der Waals surface area contributed by atoms with Gasteiger partial charge >= 0.3 is 5.97 Å². The first-order valence-electron chi connectivity index (χ1n) is 8.03. The molecule has 25 heavy (non-hydrogen) atoms. The highest BCUT2D eigenvalue weighted by Crippen LogP contribution is 2.66. The smallest absolute Gasteiger partial charge is 0.335 e. The minimum absolute atomic E-state index is 0.0825. The SMILES string of the molecule is CC1(C)C2CCC1(CS(=O)(=O)O)C(=O)/C2=C/c1ccc(C(=O)O)cc1. The molecule has 134 valence electrons. The third-order valence-electron chi connectivity index (χ3n) is 5.95. The van der Waals surface area contributed by atoms with Gasteiger partial charge in [0.05, 0.1) is 16.7 Å². The van der Waals surface area contributed by atoms with E-state index in [0.717, 1.165) is 0 Å². The Hall–Kier alpha value is -1.99. The molecule has 3 rings (SSSR count). The Bertz CT molecular complexity index is 879. The molecule has 0 amide bonds. The van der Waals surface area contributed by atoms with Crippen molar-refractivity contribution in [1.29, 1.82) is 0 Å². The first-order chi connectivity index (χ1) is 11.5. The number of carbonyl (C=O) groups is 2. The number of Topliss-reactive ketones (excluding diaryl/α,β-unsaturated/α-hetero) is 1. The molecule has 2 N–H and O–H groups in total. The number of ketones is 1. The van der Waals surface area contributed by atoms with E-state index in [9.17, 15) is 22.6 Å². The first-order valence-corrected chi connectivity index (χ1v) is 9.64. The molecule has 0 spiro atoms. The van der Waals surface area contributed by atoms with Gasteiger partial charge in [-0.2, -0.15) is 8.42 Å². The summed E-state index contributed by atoms with van der Waals surface area (Å²) in [6.07, 6.45) is 2.84. The van der Waals surface area contributed by atoms with E-state index >= 15 is 0 Å². The molecule has 2 bridgehead atoms. The van der Waals surface area contributed by atoms with Crippen molar-refractivity contribution >= 4 is 27.9 Å². The second kappa shape index (κ2) is 5.51. The van der Waals surface area contributed by atoms with Crippen molar-refractivity contribution in [3.8, 4) is 0 Å². The maximum Gasteiger partial charge on any atom is 0.335 e. The van der Waals surface area contributed by atoms with Gasteiger partial charge in [0.1, 0.15) is 0 Å². The maximum atomic E-state index is 13.0. The van der Waals surface area contributed by atoms with Gasteiger partial charge in [-0.15, -0.1) is 0 Å². The minimum Gasteiger partial charge on any atom is -0.478 e. The average Bonchev–Trinajstić information content (AvgIpc) is 2.81. The van der Waals surface area contributed by atoms with Crippen molar-refractivity contribution in [3.05, 3.63) is 41.0 Å². The zero-order valence-electron chi connectivity index (χ0n) is 14.0. The zero-order chi connectivity index (χ0) is 18.6. The van der Waals surface area contributed by atoms with E-state index in [1.807, 2.05) is 13.8 Å². The summed E-state index contributed by atoms with van der Waals surface area (Å²) in [6, 6.07) is 6.17. The molecule has 0 aromatic heterocycles. The number of benzene rings is 1. The van der Waals surface area contributed by atoms with Gasteiger partial charge in [0, 0.05) is 5.57 Å². The summed E-state index contributed by atoms with van der Waals surface area (Å²) in [5.74, 6) is -1.89. The van der Waals surface area contributed by atoms with Crippen molar-refractivity contribution in [2.75, 3.05) is 5.75 Å². The standard InChI is InChI=1S/C18H20O6S/c1-17(2)14-7-8-18(17,10-25(22,23)24)15(19)13(14)9-11-3-5-12(6-4-11)16(20)21/h3-6,9,14H,7-8,10H2,1-2H3,(H,20,21)(H,22,23,24)/b13-9+. The molecule has 1 aromatic carbocycles. The predicted molar refractivity (Wildman–Crippen MR) is 91.7 cm³/mol. The van der Waals surface area contributed by atoms with Gasteiger partial charge < -0.3 is 5.11 Å². The number of hydrogen-bond donors (Lipinski definition) is 2. The fourth-order valence-corrected chi connectivity index (χ4v) is 5.77. The number of rotatable bonds is 4. The molecule has 0 radical (unpaired) electrons. The average molecular weight is 364 g/mol. The molecule has 7 heteroatoms. The Labute approximate surface area is 146 Å². The van der Waals surface area contributed by atoms with Crippen LogP contribution in [0.1, 0.15) is 42.6 Å². The summed E-state index contributed by atoms with van der Waals surface area (Å²) in [5.41, 5.74) is -0.253. The fraction of sp³-hybridized carbons (Fsp3) is 0.444. The Morgan fingerprint density at radius 3 is 2.40 bits per heavy atom. The predicted octanol–water partition coefficient (Wildman–Crippen LogP) is 2.66. The second-order valence-electron chi connectivity index (χ2n) is 7.48. The topological polar surface area (TPSA) is 109 Å². The molecule has 2 atom stereocenters. The Balaban J connectivity index is 2.02. The summed E-state index contributed by atoms with van der Waals surface area (Å²) < 4.78 is 32.3. The van der Waals surface area contributed by atoms with Crippen LogP contribution >= 0.6 is 0 Å². The monoisotopic (exact) mass is 364 g/mol. The Morgan fingerprint density at radius 2 is 1.88 bits per heavy atom. The van der Waals surface area contributed by atoms with Gasteiger partial charge in [-0.05, 0) is 47.9 Å². The van der Waals surface area contributed by atoms with Crippen molar-refractivity contribution < 1.29 is 27.7 Å². The Morgan fingerprint density at radius 1 is 1.28 bits per heavy atom. The van der Waals surface area contributed by atoms with Gasteiger partial charge in [-0.3, -0.25) is 9.35 Å². The normalized spacial score (nSPS) is 29.3. The quantitative estimate of drug-likeness (QED) is 0.628. The fourth-order valence-electron chi connectivity index (χ4n) is 4.49. The highest BCUT2D eigenvalue weighted by molar-refractivity contribution is 7.85. The minimum atomic E-state index is -4.28. The number of carbonyl (C=O) groups excluding carboxylic acids is 1. The van der Waals surface area contributed by atoms with Crippen LogP contribution in [0.15, 0.2) is 29.8 Å². The lowest BCUT2D eigenvalue weighted by molar-refractivity contribution is -0.125. The molecule has 2 fully saturated rings. The molecular formula is C18H20O6S. The molecule has 2 saturated carbocycles. The van der Waals surface area contributed by atoms with Gasteiger partial charge in [-0.25, -0.2) is 4.79 Å². The van der Waals surface area contributed by atoms with E-state index in [1.54, 1.807) is 18.2 Å². The van der Waals surface area contributed by atoms with Crippen molar-refractivity contribution in [3.63, 3.8) is 0 Å². The highest BCUT2D eigenvalue weighted by Gasteiger charge is 2.67. The van der Waals surface area contributed by atoms with Gasteiger partial charge in [0.2, 0.25) is 0 Å². The van der Waals surface area contributed by atoms with Gasteiger partial charge in [0.15, 0.2) is 5.78 Å². The molecular weight excluding hydrogens is 344 g/mol. The molecule has 1 aromatic rings. The van der Waals surface area contributed by atoms with E-state index < -0.39 is 32.7 Å². The van der Waals surface area contributed by atoms with Crippen LogP contribution < -0.4 is 0 Å². The van der Waals surface area contributed by atoms with Crippen LogP contribution in [0.25, 0.3) is 6.08 Å². The van der Waals surface area contributed by atoms with Crippen LogP contribution in [0.3, 0.4) is 0 Å². The zero-order valence-corrected chi connectivity index (χ0v) is 14.8. The number of carboxylic acids is 1. The molecule has 2 aliphatic carbocycles. The number of aromatic carboxylic acids is 1. The lowest BCUT2D eigenvalue weighted by atomic mass is 9.70. The lowest BCUT2D eigenvalue weighted by Crippen LogP contribution is -2.42. The van der Waals surface area contributed by atoms with E-state index in [4.69, 9.17) is 5.11 Å². The number of fused-ring (bicyclic) bond motifs is 2. The summed E-state index contributed by atoms with van der Waals surface area (Å²) in [5, 5.41) is 8.95. The van der Waals surface area contributed by atoms with Crippen molar-refractivity contribution in [2.24, 2.45) is 16.7 Å². The van der Waals surface area contributed by atoms with Crippen molar-refractivity contribution in [2.45, 2.75) is 26.7 Å². The number of hydrogen-bond acceptors (Lipinski definition) is 4. The molecule has 2 unspecified atom stereocenters.